The molecule has 1 N–H and O–H groups in total. The molecule has 0 unspecified atom stereocenters. The average Bonchev–Trinajstić information content (AvgIpc) is 3.22. The summed E-state index contributed by atoms with van der Waals surface area (Å²) in [4.78, 5) is 17.0. The largest absolute Gasteiger partial charge is 0.360 e. The molecule has 0 bridgehead atoms. The van der Waals surface area contributed by atoms with Crippen LogP contribution in [0.15, 0.2) is 40.9 Å². The lowest BCUT2D eigenvalue weighted by Gasteiger charge is -2.26. The van der Waals surface area contributed by atoms with Gasteiger partial charge in [0.05, 0.1) is 6.54 Å². The van der Waals surface area contributed by atoms with Gasteiger partial charge in [0.15, 0.2) is 5.82 Å². The van der Waals surface area contributed by atoms with Crippen molar-refractivity contribution in [3.63, 3.8) is 0 Å². The van der Waals surface area contributed by atoms with E-state index < -0.39 is 0 Å². The molecule has 3 heterocycles. The number of anilines is 1. The third-order valence-electron chi connectivity index (χ3n) is 5.37. The monoisotopic (exact) mass is 340 g/mol. The molecular formula is C19H24N4O2. The number of hydrogen-bond donors (Lipinski definition) is 1. The summed E-state index contributed by atoms with van der Waals surface area (Å²) in [5, 5.41) is 6.63. The second-order valence-corrected chi connectivity index (χ2v) is 7.28. The van der Waals surface area contributed by atoms with Gasteiger partial charge in [0.25, 0.3) is 0 Å². The van der Waals surface area contributed by atoms with Crippen molar-refractivity contribution in [2.45, 2.75) is 13.0 Å². The quantitative estimate of drug-likeness (QED) is 0.924. The summed E-state index contributed by atoms with van der Waals surface area (Å²) < 4.78 is 4.99. The molecule has 0 spiro atoms. The Bertz CT molecular complexity index is 745. The van der Waals surface area contributed by atoms with E-state index in [1.54, 1.807) is 6.07 Å². The summed E-state index contributed by atoms with van der Waals surface area (Å²) in [6.07, 6.45) is 0. The van der Waals surface area contributed by atoms with Crippen LogP contribution >= 0.6 is 0 Å². The molecule has 2 aromatic rings. The first-order chi connectivity index (χ1) is 12.1. The maximum absolute atomic E-state index is 12.3. The van der Waals surface area contributed by atoms with Crippen molar-refractivity contribution in [3.8, 4) is 0 Å². The van der Waals surface area contributed by atoms with E-state index in [0.717, 1.165) is 19.6 Å². The molecule has 2 saturated heterocycles. The maximum atomic E-state index is 12.3. The lowest BCUT2D eigenvalue weighted by molar-refractivity contribution is -0.117. The molecular weight excluding hydrogens is 316 g/mol. The number of likely N-dealkylation sites (tertiary alicyclic amines) is 2. The van der Waals surface area contributed by atoms with Crippen LogP contribution in [0.3, 0.4) is 0 Å². The number of fused-ring (bicyclic) bond motifs is 1. The number of aryl methyl sites for hydroxylation is 1. The standard InChI is InChI=1S/C19H24N4O2/c1-13-8-17(21-25-13)20-18(24)12-23-10-15-9-22(2)19(16(15)11-23)14-6-4-3-5-7-14/h3-8,15-16,19H,9-12H2,1-2H3,(H,20,21,24)/t15-,16+,19-/m0/s1. The minimum atomic E-state index is -0.0297. The minimum Gasteiger partial charge on any atom is -0.360 e. The van der Waals surface area contributed by atoms with Gasteiger partial charge in [-0.05, 0) is 31.4 Å². The number of aromatic nitrogens is 1. The Kier molecular flexibility index (Phi) is 4.31. The smallest absolute Gasteiger partial charge is 0.239 e. The summed E-state index contributed by atoms with van der Waals surface area (Å²) in [5.41, 5.74) is 1.38. The zero-order valence-corrected chi connectivity index (χ0v) is 14.7. The van der Waals surface area contributed by atoms with Gasteiger partial charge in [-0.15, -0.1) is 0 Å². The molecule has 0 radical (unpaired) electrons. The Balaban J connectivity index is 1.38. The van der Waals surface area contributed by atoms with Crippen molar-refractivity contribution in [2.24, 2.45) is 11.8 Å². The van der Waals surface area contributed by atoms with Crippen LogP contribution in [-0.4, -0.2) is 54.1 Å². The molecule has 2 aliphatic heterocycles. The molecule has 0 saturated carbocycles. The fraction of sp³-hybridized carbons (Fsp3) is 0.474. The van der Waals surface area contributed by atoms with Gasteiger partial charge in [0.2, 0.25) is 5.91 Å². The normalized spacial score (nSPS) is 26.7. The highest BCUT2D eigenvalue weighted by Gasteiger charge is 2.46. The molecule has 2 aliphatic rings. The number of nitrogens with one attached hydrogen (secondary N) is 1. The van der Waals surface area contributed by atoms with Gasteiger partial charge in [-0.3, -0.25) is 14.6 Å². The molecule has 132 valence electrons. The molecule has 1 amide bonds. The number of benzene rings is 1. The summed E-state index contributed by atoms with van der Waals surface area (Å²) in [7, 11) is 2.21. The minimum absolute atomic E-state index is 0.0297. The maximum Gasteiger partial charge on any atom is 0.239 e. The fourth-order valence-electron chi connectivity index (χ4n) is 4.44. The molecule has 6 nitrogen and oxygen atoms in total. The predicted octanol–water partition coefficient (Wildman–Crippen LogP) is 2.16. The number of carbonyl (C=O) groups excluding carboxylic acids is 1. The molecule has 3 atom stereocenters. The molecule has 1 aromatic carbocycles. The van der Waals surface area contributed by atoms with Crippen molar-refractivity contribution >= 4 is 11.7 Å². The van der Waals surface area contributed by atoms with Crippen LogP contribution in [0.5, 0.6) is 0 Å². The van der Waals surface area contributed by atoms with Crippen LogP contribution < -0.4 is 5.32 Å². The van der Waals surface area contributed by atoms with E-state index in [2.05, 4.69) is 57.7 Å². The Labute approximate surface area is 147 Å². The van der Waals surface area contributed by atoms with E-state index in [1.165, 1.54) is 5.56 Å². The van der Waals surface area contributed by atoms with E-state index in [-0.39, 0.29) is 5.91 Å². The summed E-state index contributed by atoms with van der Waals surface area (Å²) in [6.45, 7) is 5.24. The van der Waals surface area contributed by atoms with Crippen molar-refractivity contribution in [2.75, 3.05) is 38.5 Å². The first-order valence-corrected chi connectivity index (χ1v) is 8.81. The summed E-state index contributed by atoms with van der Waals surface area (Å²) in [5.74, 6) is 2.35. The van der Waals surface area contributed by atoms with Crippen LogP contribution in [0.25, 0.3) is 0 Å². The van der Waals surface area contributed by atoms with Crippen LogP contribution in [0, 0.1) is 18.8 Å². The van der Waals surface area contributed by atoms with Gasteiger partial charge in [-0.2, -0.15) is 0 Å². The Hall–Kier alpha value is -2.18. The highest BCUT2D eigenvalue weighted by atomic mass is 16.5. The number of rotatable bonds is 4. The van der Waals surface area contributed by atoms with Crippen molar-refractivity contribution in [1.29, 1.82) is 0 Å². The number of carbonyl (C=O) groups is 1. The Morgan fingerprint density at radius 1 is 1.28 bits per heavy atom. The van der Waals surface area contributed by atoms with Crippen molar-refractivity contribution in [1.82, 2.24) is 15.0 Å². The zero-order valence-electron chi connectivity index (χ0n) is 14.7. The Morgan fingerprint density at radius 2 is 2.08 bits per heavy atom. The van der Waals surface area contributed by atoms with Gasteiger partial charge in [0.1, 0.15) is 5.76 Å². The lowest BCUT2D eigenvalue weighted by atomic mass is 9.90. The predicted molar refractivity (Wildman–Crippen MR) is 95.1 cm³/mol. The number of hydrogen-bond acceptors (Lipinski definition) is 5. The topological polar surface area (TPSA) is 61.6 Å². The van der Waals surface area contributed by atoms with E-state index in [9.17, 15) is 4.79 Å². The number of nitrogens with zero attached hydrogens (tertiary/aromatic N) is 3. The highest BCUT2D eigenvalue weighted by Crippen LogP contribution is 2.43. The van der Waals surface area contributed by atoms with Crippen LogP contribution in [-0.2, 0) is 4.79 Å². The summed E-state index contributed by atoms with van der Waals surface area (Å²) >= 11 is 0. The first kappa shape index (κ1) is 16.3. The third kappa shape index (κ3) is 3.32. The van der Waals surface area contributed by atoms with Crippen molar-refractivity contribution in [3.05, 3.63) is 47.7 Å². The molecule has 4 rings (SSSR count). The summed E-state index contributed by atoms with van der Waals surface area (Å²) in [6, 6.07) is 12.9. The molecule has 1 aromatic heterocycles. The van der Waals surface area contributed by atoms with E-state index in [4.69, 9.17) is 4.52 Å². The van der Waals surface area contributed by atoms with Crippen LogP contribution in [0.1, 0.15) is 17.4 Å². The van der Waals surface area contributed by atoms with Crippen LogP contribution in [0.2, 0.25) is 0 Å². The lowest BCUT2D eigenvalue weighted by Crippen LogP contribution is -2.34. The van der Waals surface area contributed by atoms with Crippen LogP contribution in [0.4, 0.5) is 5.82 Å². The van der Waals surface area contributed by atoms with Gasteiger partial charge >= 0.3 is 0 Å². The van der Waals surface area contributed by atoms with E-state index in [1.807, 2.05) is 6.92 Å². The third-order valence-corrected chi connectivity index (χ3v) is 5.37. The average molecular weight is 340 g/mol. The van der Waals surface area contributed by atoms with Gasteiger partial charge in [0, 0.05) is 31.7 Å². The second-order valence-electron chi connectivity index (χ2n) is 7.28. The van der Waals surface area contributed by atoms with E-state index >= 15 is 0 Å². The molecule has 0 aliphatic carbocycles. The first-order valence-electron chi connectivity index (χ1n) is 8.81. The van der Waals surface area contributed by atoms with Crippen molar-refractivity contribution < 1.29 is 9.32 Å². The fourth-order valence-corrected chi connectivity index (χ4v) is 4.44. The molecule has 2 fully saturated rings. The van der Waals surface area contributed by atoms with Gasteiger partial charge < -0.3 is 9.84 Å². The zero-order chi connectivity index (χ0) is 17.4. The molecule has 25 heavy (non-hydrogen) atoms. The second kappa shape index (κ2) is 6.61. The SMILES string of the molecule is Cc1cc(NC(=O)CN2C[C@@H]3CN(C)[C@@H](c4ccccc4)[C@@H]3C2)no1. The van der Waals surface area contributed by atoms with E-state index in [0.29, 0.717) is 36.0 Å². The molecule has 6 heteroatoms. The van der Waals surface area contributed by atoms with Gasteiger partial charge in [-0.1, -0.05) is 35.5 Å². The Morgan fingerprint density at radius 3 is 2.80 bits per heavy atom. The van der Waals surface area contributed by atoms with Gasteiger partial charge in [-0.25, -0.2) is 0 Å². The highest BCUT2D eigenvalue weighted by molar-refractivity contribution is 5.91. The number of amides is 1.